The third-order valence-corrected chi connectivity index (χ3v) is 3.26. The molecule has 3 heteroatoms. The summed E-state index contributed by atoms with van der Waals surface area (Å²) in [6.45, 7) is 2.97. The maximum atomic E-state index is 6.02. The Labute approximate surface area is 115 Å². The lowest BCUT2D eigenvalue weighted by molar-refractivity contribution is 0.304. The summed E-state index contributed by atoms with van der Waals surface area (Å²) in [4.78, 5) is 0. The monoisotopic (exact) mass is 269 g/mol. The van der Waals surface area contributed by atoms with Crippen LogP contribution in [0.4, 0.5) is 5.69 Å². The summed E-state index contributed by atoms with van der Waals surface area (Å²) in [5.74, 6) is 0.733. The molecule has 2 N–H and O–H groups in total. The molecule has 102 valence electrons. The minimum Gasteiger partial charge on any atom is -0.492 e. The van der Waals surface area contributed by atoms with Gasteiger partial charge in [0.1, 0.15) is 5.75 Å². The van der Waals surface area contributed by atoms with E-state index < -0.39 is 0 Å². The van der Waals surface area contributed by atoms with Crippen molar-refractivity contribution in [3.63, 3.8) is 0 Å². The normalized spacial score (nSPS) is 10.6. The second-order valence-electron chi connectivity index (χ2n) is 4.66. The zero-order valence-electron chi connectivity index (χ0n) is 11.3. The van der Waals surface area contributed by atoms with Crippen LogP contribution in [0.1, 0.15) is 51.9 Å². The fraction of sp³-hybridized carbons (Fsp3) is 0.600. The van der Waals surface area contributed by atoms with Gasteiger partial charge in [-0.1, -0.05) is 57.0 Å². The molecule has 0 saturated carbocycles. The van der Waals surface area contributed by atoms with Gasteiger partial charge in [0.2, 0.25) is 0 Å². The van der Waals surface area contributed by atoms with E-state index in [1.54, 1.807) is 6.07 Å². The van der Waals surface area contributed by atoms with Crippen LogP contribution in [0.25, 0.3) is 0 Å². The largest absolute Gasteiger partial charge is 0.492 e. The molecule has 0 radical (unpaired) electrons. The highest BCUT2D eigenvalue weighted by Crippen LogP contribution is 2.26. The van der Waals surface area contributed by atoms with Crippen molar-refractivity contribution in [3.05, 3.63) is 23.2 Å². The van der Waals surface area contributed by atoms with Gasteiger partial charge in [-0.2, -0.15) is 0 Å². The summed E-state index contributed by atoms with van der Waals surface area (Å²) in [7, 11) is 0. The van der Waals surface area contributed by atoms with Crippen LogP contribution in [-0.2, 0) is 0 Å². The molecule has 0 fully saturated rings. The molecule has 0 atom stereocenters. The molecule has 0 heterocycles. The lowest BCUT2D eigenvalue weighted by Gasteiger charge is -2.08. The molecule has 0 spiro atoms. The number of hydrogen-bond acceptors (Lipinski definition) is 2. The molecule has 1 rings (SSSR count). The minimum absolute atomic E-state index is 0.595. The molecule has 0 bridgehead atoms. The molecule has 0 aliphatic carbocycles. The van der Waals surface area contributed by atoms with Gasteiger partial charge in [0, 0.05) is 5.69 Å². The van der Waals surface area contributed by atoms with E-state index in [0.717, 1.165) is 18.8 Å². The first-order valence-electron chi connectivity index (χ1n) is 6.92. The highest BCUT2D eigenvalue weighted by atomic mass is 35.5. The molecule has 1 aromatic carbocycles. The maximum absolute atomic E-state index is 6.02. The van der Waals surface area contributed by atoms with Gasteiger partial charge in [0.15, 0.2) is 0 Å². The lowest BCUT2D eigenvalue weighted by Crippen LogP contribution is -1.98. The fourth-order valence-corrected chi connectivity index (χ4v) is 2.12. The Kier molecular flexibility index (Phi) is 7.66. The predicted octanol–water partition coefficient (Wildman–Crippen LogP) is 5.05. The van der Waals surface area contributed by atoms with Crippen molar-refractivity contribution in [2.75, 3.05) is 12.3 Å². The zero-order valence-corrected chi connectivity index (χ0v) is 12.0. The topological polar surface area (TPSA) is 35.2 Å². The van der Waals surface area contributed by atoms with Crippen molar-refractivity contribution in [1.29, 1.82) is 0 Å². The third kappa shape index (κ3) is 6.15. The number of rotatable bonds is 9. The Bertz CT molecular complexity index is 341. The second-order valence-corrected chi connectivity index (χ2v) is 5.07. The number of halogens is 1. The van der Waals surface area contributed by atoms with Crippen LogP contribution in [0.2, 0.25) is 5.02 Å². The summed E-state index contributed by atoms with van der Waals surface area (Å²) >= 11 is 6.02. The van der Waals surface area contributed by atoms with Gasteiger partial charge in [0.05, 0.1) is 11.6 Å². The van der Waals surface area contributed by atoms with Crippen molar-refractivity contribution < 1.29 is 4.74 Å². The molecule has 0 unspecified atom stereocenters. The van der Waals surface area contributed by atoms with Gasteiger partial charge in [-0.15, -0.1) is 0 Å². The highest BCUT2D eigenvalue weighted by molar-refractivity contribution is 6.32. The second kappa shape index (κ2) is 9.09. The Morgan fingerprint density at radius 1 is 1.06 bits per heavy atom. The van der Waals surface area contributed by atoms with E-state index in [4.69, 9.17) is 22.1 Å². The van der Waals surface area contributed by atoms with E-state index >= 15 is 0 Å². The average molecular weight is 270 g/mol. The highest BCUT2D eigenvalue weighted by Gasteiger charge is 2.01. The minimum atomic E-state index is 0.595. The van der Waals surface area contributed by atoms with Crippen LogP contribution < -0.4 is 10.5 Å². The number of benzene rings is 1. The molecule has 2 nitrogen and oxygen atoms in total. The Morgan fingerprint density at radius 3 is 2.39 bits per heavy atom. The molecule has 0 saturated heterocycles. The van der Waals surface area contributed by atoms with Crippen molar-refractivity contribution in [2.45, 2.75) is 51.9 Å². The lowest BCUT2D eigenvalue weighted by atomic mass is 10.1. The zero-order chi connectivity index (χ0) is 13.2. The number of unbranched alkanes of at least 4 members (excludes halogenated alkanes) is 6. The van der Waals surface area contributed by atoms with E-state index in [-0.39, 0.29) is 0 Å². The van der Waals surface area contributed by atoms with Crippen LogP contribution in [0.3, 0.4) is 0 Å². The Morgan fingerprint density at radius 2 is 1.72 bits per heavy atom. The SMILES string of the molecule is CCCCCCCCCOc1ccc(N)cc1Cl. The Hall–Kier alpha value is -0.890. The molecular weight excluding hydrogens is 246 g/mol. The van der Waals surface area contributed by atoms with Crippen molar-refractivity contribution >= 4 is 17.3 Å². The smallest absolute Gasteiger partial charge is 0.138 e. The number of hydrogen-bond donors (Lipinski definition) is 1. The number of nitrogen functional groups attached to an aromatic ring is 1. The van der Waals surface area contributed by atoms with Crippen LogP contribution in [0.15, 0.2) is 18.2 Å². The first kappa shape index (κ1) is 15.2. The summed E-state index contributed by atoms with van der Waals surface area (Å²) in [6.07, 6.45) is 9.00. The molecule has 0 amide bonds. The predicted molar refractivity (Wildman–Crippen MR) is 79.4 cm³/mol. The quantitative estimate of drug-likeness (QED) is 0.503. The van der Waals surface area contributed by atoms with E-state index in [2.05, 4.69) is 6.92 Å². The van der Waals surface area contributed by atoms with E-state index in [0.29, 0.717) is 10.7 Å². The number of nitrogens with two attached hydrogens (primary N) is 1. The first-order valence-corrected chi connectivity index (χ1v) is 7.29. The molecule has 1 aromatic rings. The first-order chi connectivity index (χ1) is 8.74. The van der Waals surface area contributed by atoms with Gasteiger partial charge in [-0.05, 0) is 24.6 Å². The third-order valence-electron chi connectivity index (χ3n) is 2.96. The number of ether oxygens (including phenoxy) is 1. The standard InChI is InChI=1S/C15H24ClNO/c1-2-3-4-5-6-7-8-11-18-15-10-9-13(17)12-14(15)16/h9-10,12H,2-8,11,17H2,1H3. The van der Waals surface area contributed by atoms with Gasteiger partial charge in [-0.25, -0.2) is 0 Å². The van der Waals surface area contributed by atoms with Crippen LogP contribution in [0.5, 0.6) is 5.75 Å². The van der Waals surface area contributed by atoms with E-state index in [1.165, 1.54) is 38.5 Å². The summed E-state index contributed by atoms with van der Waals surface area (Å²) < 4.78 is 5.63. The van der Waals surface area contributed by atoms with E-state index in [1.807, 2.05) is 12.1 Å². The molecule has 0 aliphatic rings. The van der Waals surface area contributed by atoms with Gasteiger partial charge in [0.25, 0.3) is 0 Å². The summed E-state index contributed by atoms with van der Waals surface area (Å²) in [5, 5.41) is 0.595. The van der Waals surface area contributed by atoms with Crippen molar-refractivity contribution in [2.24, 2.45) is 0 Å². The Balaban J connectivity index is 2.07. The van der Waals surface area contributed by atoms with Gasteiger partial charge in [-0.3, -0.25) is 0 Å². The van der Waals surface area contributed by atoms with Crippen LogP contribution in [-0.4, -0.2) is 6.61 Å². The van der Waals surface area contributed by atoms with Gasteiger partial charge < -0.3 is 10.5 Å². The number of anilines is 1. The van der Waals surface area contributed by atoms with Crippen molar-refractivity contribution in [3.8, 4) is 5.75 Å². The molecular formula is C15H24ClNO. The van der Waals surface area contributed by atoms with Crippen LogP contribution >= 0.6 is 11.6 Å². The van der Waals surface area contributed by atoms with Crippen LogP contribution in [0, 0.1) is 0 Å². The van der Waals surface area contributed by atoms with Crippen molar-refractivity contribution in [1.82, 2.24) is 0 Å². The van der Waals surface area contributed by atoms with E-state index in [9.17, 15) is 0 Å². The summed E-state index contributed by atoms with van der Waals surface area (Å²) in [6, 6.07) is 5.37. The maximum Gasteiger partial charge on any atom is 0.138 e. The fourth-order valence-electron chi connectivity index (χ4n) is 1.88. The van der Waals surface area contributed by atoms with Gasteiger partial charge >= 0.3 is 0 Å². The summed E-state index contributed by atoms with van der Waals surface area (Å²) in [5.41, 5.74) is 6.29. The molecule has 0 aromatic heterocycles. The molecule has 0 aliphatic heterocycles. The average Bonchev–Trinajstić information content (AvgIpc) is 2.35. The molecule has 18 heavy (non-hydrogen) atoms.